The largest absolute Gasteiger partial charge is 0.496 e. The van der Waals surface area contributed by atoms with E-state index < -0.39 is 5.97 Å². The molecule has 1 amide bonds. The van der Waals surface area contributed by atoms with Gasteiger partial charge in [-0.2, -0.15) is 0 Å². The van der Waals surface area contributed by atoms with E-state index in [9.17, 15) is 9.59 Å². The highest BCUT2D eigenvalue weighted by molar-refractivity contribution is 6.00. The Balaban J connectivity index is 1.70. The maximum atomic E-state index is 12.5. The number of hydrogen-bond acceptors (Lipinski definition) is 4. The van der Waals surface area contributed by atoms with Crippen molar-refractivity contribution in [2.45, 2.75) is 13.3 Å². The van der Waals surface area contributed by atoms with Crippen LogP contribution >= 0.6 is 0 Å². The monoisotopic (exact) mass is 363 g/mol. The zero-order valence-electron chi connectivity index (χ0n) is 15.3. The summed E-state index contributed by atoms with van der Waals surface area (Å²) in [6.07, 6.45) is 0.796. The number of carbonyl (C=O) groups excluding carboxylic acids is 2. The average molecular weight is 363 g/mol. The van der Waals surface area contributed by atoms with Crippen LogP contribution in [0.3, 0.4) is 0 Å². The van der Waals surface area contributed by atoms with Crippen LogP contribution in [0.4, 0.5) is 5.69 Å². The zero-order chi connectivity index (χ0) is 19.2. The molecule has 1 N–H and O–H groups in total. The molecule has 5 heteroatoms. The first-order chi connectivity index (χ1) is 13.1. The second-order valence-electron chi connectivity index (χ2n) is 6.03. The van der Waals surface area contributed by atoms with E-state index >= 15 is 0 Å². The zero-order valence-corrected chi connectivity index (χ0v) is 15.3. The molecule has 0 unspecified atom stereocenters. The summed E-state index contributed by atoms with van der Waals surface area (Å²) in [7, 11) is 1.50. The Kier molecular flexibility index (Phi) is 5.71. The summed E-state index contributed by atoms with van der Waals surface area (Å²) < 4.78 is 10.5. The smallest absolute Gasteiger partial charge is 0.342 e. The van der Waals surface area contributed by atoms with Crippen LogP contribution in [-0.4, -0.2) is 25.6 Å². The van der Waals surface area contributed by atoms with E-state index in [1.807, 2.05) is 55.5 Å². The highest BCUT2D eigenvalue weighted by Crippen LogP contribution is 2.26. The van der Waals surface area contributed by atoms with E-state index in [0.29, 0.717) is 5.75 Å². The molecule has 3 aromatic carbocycles. The number of benzene rings is 3. The average Bonchev–Trinajstić information content (AvgIpc) is 2.71. The fourth-order valence-corrected chi connectivity index (χ4v) is 2.89. The van der Waals surface area contributed by atoms with Crippen LogP contribution in [0.25, 0.3) is 10.8 Å². The van der Waals surface area contributed by atoms with Crippen LogP contribution in [0.1, 0.15) is 22.8 Å². The molecule has 0 saturated heterocycles. The van der Waals surface area contributed by atoms with Crippen molar-refractivity contribution in [2.24, 2.45) is 0 Å². The molecule has 0 bridgehead atoms. The first-order valence-corrected chi connectivity index (χ1v) is 8.74. The quantitative estimate of drug-likeness (QED) is 0.667. The summed E-state index contributed by atoms with van der Waals surface area (Å²) in [5, 5.41) is 4.63. The third-order valence-corrected chi connectivity index (χ3v) is 4.29. The summed E-state index contributed by atoms with van der Waals surface area (Å²) >= 11 is 0. The minimum absolute atomic E-state index is 0.290. The maximum absolute atomic E-state index is 12.5. The van der Waals surface area contributed by atoms with E-state index in [1.165, 1.54) is 7.11 Å². The number of esters is 1. The van der Waals surface area contributed by atoms with Crippen LogP contribution in [-0.2, 0) is 16.0 Å². The fraction of sp³-hybridized carbons (Fsp3) is 0.182. The lowest BCUT2D eigenvalue weighted by atomic mass is 10.1. The number of aryl methyl sites for hydroxylation is 1. The molecule has 0 aromatic heterocycles. The lowest BCUT2D eigenvalue weighted by Gasteiger charge is -2.12. The van der Waals surface area contributed by atoms with Gasteiger partial charge in [0, 0.05) is 5.69 Å². The van der Waals surface area contributed by atoms with Crippen molar-refractivity contribution in [2.75, 3.05) is 19.0 Å². The van der Waals surface area contributed by atoms with Crippen LogP contribution in [0.5, 0.6) is 5.75 Å². The first kappa shape index (κ1) is 18.5. The first-order valence-electron chi connectivity index (χ1n) is 8.74. The highest BCUT2D eigenvalue weighted by Gasteiger charge is 2.17. The van der Waals surface area contributed by atoms with Gasteiger partial charge in [0.05, 0.1) is 7.11 Å². The lowest BCUT2D eigenvalue weighted by molar-refractivity contribution is -0.119. The van der Waals surface area contributed by atoms with Crippen molar-refractivity contribution < 1.29 is 19.1 Å². The topological polar surface area (TPSA) is 64.6 Å². The number of methoxy groups -OCH3 is 1. The third kappa shape index (κ3) is 4.26. The molecule has 0 aliphatic carbocycles. The van der Waals surface area contributed by atoms with E-state index in [4.69, 9.17) is 9.47 Å². The molecule has 0 atom stereocenters. The summed E-state index contributed by atoms with van der Waals surface area (Å²) in [4.78, 5) is 24.6. The Morgan fingerprint density at radius 3 is 2.33 bits per heavy atom. The van der Waals surface area contributed by atoms with Crippen molar-refractivity contribution >= 4 is 28.3 Å². The van der Waals surface area contributed by atoms with Gasteiger partial charge < -0.3 is 14.8 Å². The van der Waals surface area contributed by atoms with E-state index in [1.54, 1.807) is 12.1 Å². The van der Waals surface area contributed by atoms with Gasteiger partial charge in [-0.1, -0.05) is 49.4 Å². The summed E-state index contributed by atoms with van der Waals surface area (Å²) in [6, 6.07) is 18.7. The van der Waals surface area contributed by atoms with Crippen LogP contribution < -0.4 is 10.1 Å². The predicted molar refractivity (Wildman–Crippen MR) is 105 cm³/mol. The van der Waals surface area contributed by atoms with Gasteiger partial charge in [-0.15, -0.1) is 0 Å². The van der Waals surface area contributed by atoms with Crippen molar-refractivity contribution in [3.05, 3.63) is 71.8 Å². The number of rotatable bonds is 6. The fourth-order valence-electron chi connectivity index (χ4n) is 2.89. The van der Waals surface area contributed by atoms with Crippen LogP contribution in [0.15, 0.2) is 60.7 Å². The summed E-state index contributed by atoms with van der Waals surface area (Å²) in [5.41, 5.74) is 2.04. The number of hydrogen-bond donors (Lipinski definition) is 1. The van der Waals surface area contributed by atoms with Gasteiger partial charge in [0.15, 0.2) is 6.61 Å². The summed E-state index contributed by atoms with van der Waals surface area (Å²) in [6.45, 7) is 1.64. The molecule has 27 heavy (non-hydrogen) atoms. The van der Waals surface area contributed by atoms with Crippen molar-refractivity contribution in [3.63, 3.8) is 0 Å². The van der Waals surface area contributed by atoms with Gasteiger partial charge in [0.25, 0.3) is 5.91 Å². The number of anilines is 1. The Hall–Kier alpha value is -3.34. The molecular formula is C22H21NO4. The van der Waals surface area contributed by atoms with E-state index in [0.717, 1.165) is 28.4 Å². The van der Waals surface area contributed by atoms with Gasteiger partial charge in [-0.3, -0.25) is 4.79 Å². The Bertz CT molecular complexity index is 981. The minimum atomic E-state index is -0.600. The van der Waals surface area contributed by atoms with Gasteiger partial charge in [0.1, 0.15) is 11.3 Å². The molecule has 0 spiro atoms. The van der Waals surface area contributed by atoms with Crippen molar-refractivity contribution in [1.82, 2.24) is 0 Å². The number of carbonyl (C=O) groups is 2. The summed E-state index contributed by atoms with van der Waals surface area (Å²) in [5.74, 6) is -0.573. The maximum Gasteiger partial charge on any atom is 0.342 e. The van der Waals surface area contributed by atoms with E-state index in [-0.39, 0.29) is 18.1 Å². The third-order valence-electron chi connectivity index (χ3n) is 4.29. The molecule has 0 aliphatic rings. The molecule has 0 aliphatic heterocycles. The number of amides is 1. The van der Waals surface area contributed by atoms with Crippen molar-refractivity contribution in [3.8, 4) is 5.75 Å². The molecular weight excluding hydrogens is 342 g/mol. The Morgan fingerprint density at radius 2 is 1.63 bits per heavy atom. The van der Waals surface area contributed by atoms with Gasteiger partial charge in [-0.05, 0) is 41.0 Å². The van der Waals surface area contributed by atoms with E-state index in [2.05, 4.69) is 5.32 Å². The highest BCUT2D eigenvalue weighted by atomic mass is 16.5. The number of para-hydroxylation sites is 1. The second-order valence-corrected chi connectivity index (χ2v) is 6.03. The van der Waals surface area contributed by atoms with Crippen LogP contribution in [0.2, 0.25) is 0 Å². The number of ether oxygens (including phenoxy) is 2. The molecule has 138 valence electrons. The lowest BCUT2D eigenvalue weighted by Crippen LogP contribution is -2.21. The number of fused-ring (bicyclic) bond motifs is 1. The number of nitrogens with one attached hydrogen (secondary N) is 1. The minimum Gasteiger partial charge on any atom is -0.496 e. The predicted octanol–water partition coefficient (Wildman–Crippen LogP) is 4.21. The Morgan fingerprint density at radius 1 is 0.963 bits per heavy atom. The molecule has 0 heterocycles. The Labute approximate surface area is 157 Å². The SMILES string of the molecule is CCc1ccccc1NC(=O)COC(=O)c1cc2ccccc2cc1OC. The normalized spacial score (nSPS) is 10.4. The molecule has 3 rings (SSSR count). The standard InChI is InChI=1S/C22H21NO4/c1-3-15-8-6-7-11-19(15)23-21(24)14-27-22(25)18-12-16-9-4-5-10-17(16)13-20(18)26-2/h4-13H,3,14H2,1-2H3,(H,23,24). The second kappa shape index (κ2) is 8.36. The molecule has 3 aromatic rings. The van der Waals surface area contributed by atoms with Crippen LogP contribution in [0, 0.1) is 0 Å². The van der Waals surface area contributed by atoms with Gasteiger partial charge in [0.2, 0.25) is 0 Å². The van der Waals surface area contributed by atoms with Gasteiger partial charge >= 0.3 is 5.97 Å². The molecule has 0 radical (unpaired) electrons. The van der Waals surface area contributed by atoms with Crippen molar-refractivity contribution in [1.29, 1.82) is 0 Å². The molecule has 0 saturated carbocycles. The van der Waals surface area contributed by atoms with Gasteiger partial charge in [-0.25, -0.2) is 4.79 Å². The molecule has 5 nitrogen and oxygen atoms in total. The molecule has 0 fully saturated rings.